The third-order valence-electron chi connectivity index (χ3n) is 4.55. The van der Waals surface area contributed by atoms with Crippen molar-refractivity contribution in [1.29, 1.82) is 0 Å². The Balaban J connectivity index is 0.000000846. The number of fused-ring (bicyclic) bond motifs is 3. The number of alkyl halides is 2. The van der Waals surface area contributed by atoms with E-state index in [4.69, 9.17) is 27.9 Å². The van der Waals surface area contributed by atoms with Crippen LogP contribution < -0.4 is 20.9 Å². The number of nitrogens with zero attached hydrogens (tertiary/aromatic N) is 4. The molecule has 0 bridgehead atoms. The van der Waals surface area contributed by atoms with E-state index in [0.29, 0.717) is 0 Å². The van der Waals surface area contributed by atoms with Gasteiger partial charge in [0.1, 0.15) is 5.02 Å². The van der Waals surface area contributed by atoms with Crippen molar-refractivity contribution in [3.8, 4) is 5.75 Å². The average molecular weight is 519 g/mol. The topological polar surface area (TPSA) is 155 Å². The first-order valence-corrected chi connectivity index (χ1v) is 10.7. The lowest BCUT2D eigenvalue weighted by molar-refractivity contribution is -0.374. The molecular formula is C19H18Cl2F2N6O5. The standard InChI is InChI=1S/C16H12Cl2F2N6O5.C3H6/c17-8-3-22-14(18)25-11(8)24-6-1-7-9-10(31-5-15(19,20)4-23-9)13(27)26(16(28,29)30)12(7)21-2-6;1-2-3-1/h1-3,23,28-30H,4-5H2,(H,22,24,25);1-3H2. The van der Waals surface area contributed by atoms with E-state index in [-0.39, 0.29) is 37.5 Å². The van der Waals surface area contributed by atoms with Gasteiger partial charge < -0.3 is 30.7 Å². The maximum atomic E-state index is 13.8. The molecule has 182 valence electrons. The van der Waals surface area contributed by atoms with Crippen molar-refractivity contribution in [2.45, 2.75) is 31.3 Å². The van der Waals surface area contributed by atoms with Crippen molar-refractivity contribution in [1.82, 2.24) is 19.5 Å². The van der Waals surface area contributed by atoms with Crippen LogP contribution >= 0.6 is 23.2 Å². The van der Waals surface area contributed by atoms with E-state index in [1.54, 1.807) is 0 Å². The second-order valence-corrected chi connectivity index (χ2v) is 8.30. The molecule has 1 fully saturated rings. The Bertz CT molecular complexity index is 1300. The highest BCUT2D eigenvalue weighted by molar-refractivity contribution is 6.33. The average Bonchev–Trinajstić information content (AvgIpc) is 3.62. The molecule has 1 saturated carbocycles. The summed E-state index contributed by atoms with van der Waals surface area (Å²) in [5.41, 5.74) is -1.71. The van der Waals surface area contributed by atoms with E-state index in [1.807, 2.05) is 0 Å². The van der Waals surface area contributed by atoms with Crippen molar-refractivity contribution in [3.63, 3.8) is 0 Å². The molecule has 15 heteroatoms. The van der Waals surface area contributed by atoms with E-state index in [0.717, 1.165) is 6.20 Å². The molecule has 3 aromatic rings. The Morgan fingerprint density at radius 1 is 1.18 bits per heavy atom. The number of pyridine rings is 2. The van der Waals surface area contributed by atoms with Gasteiger partial charge in [0.15, 0.2) is 18.1 Å². The van der Waals surface area contributed by atoms with Crippen LogP contribution in [-0.4, -0.2) is 53.9 Å². The molecule has 5 rings (SSSR count). The molecule has 0 amide bonds. The second-order valence-electron chi connectivity index (χ2n) is 7.56. The third-order valence-corrected chi connectivity index (χ3v) is 5.01. The fourth-order valence-electron chi connectivity index (χ4n) is 2.92. The van der Waals surface area contributed by atoms with Crippen LogP contribution in [0.15, 0.2) is 23.3 Å². The summed E-state index contributed by atoms with van der Waals surface area (Å²) in [6, 6.07) is 1.31. The largest absolute Gasteiger partial charge is 0.480 e. The summed E-state index contributed by atoms with van der Waals surface area (Å²) < 4.78 is 32.7. The molecule has 0 radical (unpaired) electrons. The van der Waals surface area contributed by atoms with Gasteiger partial charge in [-0.3, -0.25) is 4.79 Å². The molecule has 0 saturated heterocycles. The van der Waals surface area contributed by atoms with Crippen molar-refractivity contribution in [3.05, 3.63) is 39.1 Å². The Hall–Kier alpha value is -2.84. The molecule has 1 aliphatic heterocycles. The number of nitrogens with one attached hydrogen (secondary N) is 2. The quantitative estimate of drug-likeness (QED) is 0.257. The van der Waals surface area contributed by atoms with Gasteiger partial charge in [-0.1, -0.05) is 30.9 Å². The number of ether oxygens (including phenoxy) is 1. The first-order chi connectivity index (χ1) is 16.0. The lowest BCUT2D eigenvalue weighted by Gasteiger charge is -2.21. The van der Waals surface area contributed by atoms with Crippen LogP contribution in [0.3, 0.4) is 0 Å². The molecule has 3 aromatic heterocycles. The lowest BCUT2D eigenvalue weighted by atomic mass is 10.2. The monoisotopic (exact) mass is 518 g/mol. The van der Waals surface area contributed by atoms with E-state index in [2.05, 4.69) is 25.6 Å². The van der Waals surface area contributed by atoms with Gasteiger partial charge >= 0.3 is 11.7 Å². The number of anilines is 3. The minimum Gasteiger partial charge on any atom is -0.480 e. The number of hydrogen-bond donors (Lipinski definition) is 5. The van der Waals surface area contributed by atoms with Crippen LogP contribution in [0.25, 0.3) is 11.0 Å². The minimum absolute atomic E-state index is 0.0601. The fourth-order valence-corrected chi connectivity index (χ4v) is 3.19. The van der Waals surface area contributed by atoms with E-state index >= 15 is 0 Å². The van der Waals surface area contributed by atoms with Crippen molar-refractivity contribution in [2.24, 2.45) is 0 Å². The van der Waals surface area contributed by atoms with Crippen LogP contribution in [0.2, 0.25) is 10.3 Å². The van der Waals surface area contributed by atoms with Crippen molar-refractivity contribution in [2.75, 3.05) is 23.8 Å². The summed E-state index contributed by atoms with van der Waals surface area (Å²) >= 11 is 11.8. The van der Waals surface area contributed by atoms with Crippen LogP contribution in [0.4, 0.5) is 26.0 Å². The van der Waals surface area contributed by atoms with Gasteiger partial charge in [0.2, 0.25) is 11.0 Å². The van der Waals surface area contributed by atoms with Gasteiger partial charge in [-0.25, -0.2) is 23.3 Å². The molecule has 1 aliphatic carbocycles. The van der Waals surface area contributed by atoms with Gasteiger partial charge in [0.05, 0.1) is 30.3 Å². The molecule has 5 N–H and O–H groups in total. The zero-order chi connectivity index (χ0) is 24.7. The molecule has 0 aromatic carbocycles. The second kappa shape index (κ2) is 9.07. The van der Waals surface area contributed by atoms with Crippen molar-refractivity contribution < 1.29 is 28.8 Å². The maximum absolute atomic E-state index is 13.8. The first-order valence-electron chi connectivity index (χ1n) is 9.92. The maximum Gasteiger partial charge on any atom is 0.377 e. The molecule has 2 aliphatic rings. The number of rotatable bonds is 3. The van der Waals surface area contributed by atoms with Crippen LogP contribution in [0.5, 0.6) is 5.75 Å². The first kappa shape index (κ1) is 24.3. The van der Waals surface area contributed by atoms with Crippen LogP contribution in [0.1, 0.15) is 19.3 Å². The van der Waals surface area contributed by atoms with E-state index < -0.39 is 42.1 Å². The molecule has 11 nitrogen and oxygen atoms in total. The van der Waals surface area contributed by atoms with Gasteiger partial charge in [-0.05, 0) is 17.7 Å². The molecule has 4 heterocycles. The smallest absolute Gasteiger partial charge is 0.377 e. The highest BCUT2D eigenvalue weighted by atomic mass is 35.5. The number of hydrogen-bond acceptors (Lipinski definition) is 10. The molecule has 0 atom stereocenters. The van der Waals surface area contributed by atoms with Gasteiger partial charge in [0, 0.05) is 5.39 Å². The van der Waals surface area contributed by atoms with Crippen LogP contribution in [-0.2, 0) is 6.10 Å². The highest BCUT2D eigenvalue weighted by Crippen LogP contribution is 2.36. The molecule has 0 spiro atoms. The summed E-state index contributed by atoms with van der Waals surface area (Å²) in [4.78, 5) is 24.2. The summed E-state index contributed by atoms with van der Waals surface area (Å²) in [6.45, 7) is -2.02. The zero-order valence-corrected chi connectivity index (χ0v) is 18.7. The Kier molecular flexibility index (Phi) is 6.48. The van der Waals surface area contributed by atoms with Crippen LogP contribution in [0, 0.1) is 0 Å². The summed E-state index contributed by atoms with van der Waals surface area (Å²) in [7, 11) is 0. The van der Waals surface area contributed by atoms with Gasteiger partial charge in [-0.15, -0.1) is 0 Å². The van der Waals surface area contributed by atoms with Crippen molar-refractivity contribution >= 4 is 51.4 Å². The Morgan fingerprint density at radius 2 is 1.88 bits per heavy atom. The number of aromatic nitrogens is 4. The van der Waals surface area contributed by atoms with E-state index in [1.165, 1.54) is 31.5 Å². The summed E-state index contributed by atoms with van der Waals surface area (Å²) in [5, 5.41) is 34.1. The summed E-state index contributed by atoms with van der Waals surface area (Å²) in [5.74, 6) is -3.89. The zero-order valence-electron chi connectivity index (χ0n) is 17.2. The normalized spacial score (nSPS) is 16.3. The fraction of sp³-hybridized carbons (Fsp3) is 0.368. The van der Waals surface area contributed by atoms with Gasteiger partial charge in [-0.2, -0.15) is 4.98 Å². The Labute approximate surface area is 200 Å². The highest BCUT2D eigenvalue weighted by Gasteiger charge is 2.37. The summed E-state index contributed by atoms with van der Waals surface area (Å²) in [6.07, 6.45) is 3.20. The predicted octanol–water partition coefficient (Wildman–Crippen LogP) is 2.39. The lowest BCUT2D eigenvalue weighted by Crippen LogP contribution is -2.42. The minimum atomic E-state index is -3.69. The number of aliphatic hydroxyl groups is 3. The predicted molar refractivity (Wildman–Crippen MR) is 119 cm³/mol. The van der Waals surface area contributed by atoms with Gasteiger partial charge in [0.25, 0.3) is 5.92 Å². The molecule has 34 heavy (non-hydrogen) atoms. The van der Waals surface area contributed by atoms with E-state index in [9.17, 15) is 28.9 Å². The number of halogens is 4. The molecule has 0 unspecified atom stereocenters. The SMILES string of the molecule is C1CC1.O=c1c2c(c3cc(Nc4nc(Cl)ncc4Cl)cnc3n1C(O)(O)O)NCC(F)(F)CO2. The third kappa shape index (κ3) is 5.28. The molecular weight excluding hydrogens is 501 g/mol. The Morgan fingerprint density at radius 3 is 2.53 bits per heavy atom.